The third-order valence-corrected chi connectivity index (χ3v) is 3.75. The number of carbonyl (C=O) groups is 2. The number of ether oxygens (including phenoxy) is 1. The van der Waals surface area contributed by atoms with Gasteiger partial charge in [-0.25, -0.2) is 0 Å². The van der Waals surface area contributed by atoms with Crippen molar-refractivity contribution in [2.75, 3.05) is 6.61 Å². The summed E-state index contributed by atoms with van der Waals surface area (Å²) < 4.78 is 5.12. The van der Waals surface area contributed by atoms with E-state index in [1.807, 2.05) is 0 Å². The molecule has 2 aromatic carbocycles. The average Bonchev–Trinajstić information content (AvgIpc) is 2.54. The zero-order valence-electron chi connectivity index (χ0n) is 12.0. The second-order valence-electron chi connectivity index (χ2n) is 4.62. The Labute approximate surface area is 143 Å². The highest BCUT2D eigenvalue weighted by atomic mass is 35.5. The molecule has 0 heterocycles. The first-order valence-electron chi connectivity index (χ1n) is 6.65. The first-order chi connectivity index (χ1) is 11.0. The van der Waals surface area contributed by atoms with Crippen LogP contribution in [0.3, 0.4) is 0 Å². The van der Waals surface area contributed by atoms with Crippen molar-refractivity contribution < 1.29 is 14.3 Å². The van der Waals surface area contributed by atoms with Crippen LogP contribution in [0.25, 0.3) is 6.08 Å². The summed E-state index contributed by atoms with van der Waals surface area (Å²) in [6, 6.07) is 11.6. The molecule has 118 valence electrons. The van der Waals surface area contributed by atoms with Gasteiger partial charge in [-0.2, -0.15) is 0 Å². The smallest absolute Gasteiger partial charge is 0.255 e. The molecule has 0 aliphatic rings. The molecule has 0 fully saturated rings. The van der Waals surface area contributed by atoms with Crippen LogP contribution < -0.4 is 10.5 Å². The molecule has 1 amide bonds. The van der Waals surface area contributed by atoms with Gasteiger partial charge in [0, 0.05) is 5.56 Å². The Morgan fingerprint density at radius 1 is 1.09 bits per heavy atom. The summed E-state index contributed by atoms with van der Waals surface area (Å²) in [5.74, 6) is -0.295. The summed E-state index contributed by atoms with van der Waals surface area (Å²) in [7, 11) is 0. The molecular weight excluding hydrogens is 337 g/mol. The Kier molecular flexibility index (Phi) is 5.79. The largest absolute Gasteiger partial charge is 0.484 e. The lowest BCUT2D eigenvalue weighted by molar-refractivity contribution is -0.119. The van der Waals surface area contributed by atoms with Gasteiger partial charge < -0.3 is 10.5 Å². The summed E-state index contributed by atoms with van der Waals surface area (Å²) in [6.45, 7) is -0.208. The fourth-order valence-electron chi connectivity index (χ4n) is 1.78. The number of nitrogens with two attached hydrogens (primary N) is 1. The zero-order chi connectivity index (χ0) is 16.8. The predicted octanol–water partition coefficient (Wildman–Crippen LogP) is 3.75. The number of amides is 1. The van der Waals surface area contributed by atoms with Crippen LogP contribution in [0.5, 0.6) is 5.75 Å². The summed E-state index contributed by atoms with van der Waals surface area (Å²) in [4.78, 5) is 22.7. The van der Waals surface area contributed by atoms with Gasteiger partial charge in [0.1, 0.15) is 5.75 Å². The number of hydrogen-bond donors (Lipinski definition) is 1. The van der Waals surface area contributed by atoms with E-state index in [9.17, 15) is 9.59 Å². The van der Waals surface area contributed by atoms with Crippen molar-refractivity contribution in [1.82, 2.24) is 0 Å². The van der Waals surface area contributed by atoms with Gasteiger partial charge in [-0.15, -0.1) is 0 Å². The number of allylic oxidation sites excluding steroid dienone is 1. The molecule has 2 rings (SSSR count). The van der Waals surface area contributed by atoms with Crippen molar-refractivity contribution in [1.29, 1.82) is 0 Å². The molecule has 0 aromatic heterocycles. The second kappa shape index (κ2) is 7.81. The van der Waals surface area contributed by atoms with E-state index in [2.05, 4.69) is 0 Å². The van der Waals surface area contributed by atoms with E-state index < -0.39 is 5.91 Å². The van der Waals surface area contributed by atoms with Crippen molar-refractivity contribution in [3.8, 4) is 5.75 Å². The lowest BCUT2D eigenvalue weighted by Gasteiger charge is -2.04. The zero-order valence-corrected chi connectivity index (χ0v) is 13.5. The molecule has 2 aromatic rings. The van der Waals surface area contributed by atoms with Crippen molar-refractivity contribution in [2.24, 2.45) is 5.73 Å². The molecule has 4 nitrogen and oxygen atoms in total. The molecule has 0 aliphatic heterocycles. The van der Waals surface area contributed by atoms with Crippen molar-refractivity contribution in [3.63, 3.8) is 0 Å². The van der Waals surface area contributed by atoms with Crippen LogP contribution in [0, 0.1) is 0 Å². The van der Waals surface area contributed by atoms with Gasteiger partial charge >= 0.3 is 0 Å². The Morgan fingerprint density at radius 3 is 2.43 bits per heavy atom. The molecule has 6 heteroatoms. The molecule has 0 saturated heterocycles. The lowest BCUT2D eigenvalue weighted by atomic mass is 10.1. The van der Waals surface area contributed by atoms with Crippen LogP contribution in [0.4, 0.5) is 0 Å². The Hall–Kier alpha value is -2.30. The van der Waals surface area contributed by atoms with Gasteiger partial charge in [-0.05, 0) is 48.0 Å². The van der Waals surface area contributed by atoms with Crippen LogP contribution in [0.2, 0.25) is 10.0 Å². The van der Waals surface area contributed by atoms with Gasteiger partial charge in [-0.1, -0.05) is 35.3 Å². The number of ketones is 1. The average molecular weight is 350 g/mol. The third-order valence-electron chi connectivity index (χ3n) is 2.92. The second-order valence-corrected chi connectivity index (χ2v) is 5.41. The van der Waals surface area contributed by atoms with Gasteiger partial charge in [-0.3, -0.25) is 9.59 Å². The minimum atomic E-state index is -0.563. The van der Waals surface area contributed by atoms with Crippen LogP contribution in [0.1, 0.15) is 15.9 Å². The fourth-order valence-corrected chi connectivity index (χ4v) is 2.15. The number of carbonyl (C=O) groups excluding carboxylic acids is 2. The van der Waals surface area contributed by atoms with Crippen LogP contribution in [-0.2, 0) is 4.79 Å². The topological polar surface area (TPSA) is 69.4 Å². The van der Waals surface area contributed by atoms with E-state index >= 15 is 0 Å². The molecule has 0 aliphatic carbocycles. The van der Waals surface area contributed by atoms with E-state index in [0.717, 1.165) is 0 Å². The van der Waals surface area contributed by atoms with Gasteiger partial charge in [0.05, 0.1) is 10.0 Å². The molecule has 2 N–H and O–H groups in total. The Morgan fingerprint density at radius 2 is 1.78 bits per heavy atom. The van der Waals surface area contributed by atoms with E-state index in [4.69, 9.17) is 33.7 Å². The van der Waals surface area contributed by atoms with Crippen LogP contribution >= 0.6 is 23.2 Å². The molecule has 0 bridgehead atoms. The maximum absolute atomic E-state index is 12.1. The standard InChI is InChI=1S/C17H13Cl2NO3/c18-14-3-1-2-12(17(14)19)6-9-15(21)11-4-7-13(8-5-11)23-10-16(20)22/h1-9H,10H2,(H2,20,22)/b9-6+. The number of primary amides is 1. The first kappa shape index (κ1) is 17.1. The lowest BCUT2D eigenvalue weighted by Crippen LogP contribution is -2.19. The molecule has 0 spiro atoms. The first-order valence-corrected chi connectivity index (χ1v) is 7.40. The molecule has 0 saturated carbocycles. The maximum atomic E-state index is 12.1. The predicted molar refractivity (Wildman–Crippen MR) is 91.0 cm³/mol. The van der Waals surface area contributed by atoms with Gasteiger partial charge in [0.25, 0.3) is 5.91 Å². The molecular formula is C17H13Cl2NO3. The normalized spacial score (nSPS) is 10.7. The van der Waals surface area contributed by atoms with Crippen LogP contribution in [0.15, 0.2) is 48.5 Å². The molecule has 0 atom stereocenters. The monoisotopic (exact) mass is 349 g/mol. The minimum absolute atomic E-state index is 0.192. The fraction of sp³-hybridized carbons (Fsp3) is 0.0588. The Balaban J connectivity index is 2.07. The SMILES string of the molecule is NC(=O)COc1ccc(C(=O)/C=C/c2cccc(Cl)c2Cl)cc1. The van der Waals surface area contributed by atoms with Gasteiger partial charge in [0.2, 0.25) is 0 Å². The quantitative estimate of drug-likeness (QED) is 0.637. The number of halogens is 2. The third kappa shape index (κ3) is 4.84. The summed E-state index contributed by atoms with van der Waals surface area (Å²) in [5.41, 5.74) is 6.13. The summed E-state index contributed by atoms with van der Waals surface area (Å²) >= 11 is 12.0. The highest BCUT2D eigenvalue weighted by molar-refractivity contribution is 6.42. The maximum Gasteiger partial charge on any atom is 0.255 e. The number of hydrogen-bond acceptors (Lipinski definition) is 3. The highest BCUT2D eigenvalue weighted by Gasteiger charge is 2.05. The Bertz CT molecular complexity index is 755. The van der Waals surface area contributed by atoms with Crippen molar-refractivity contribution in [3.05, 3.63) is 69.7 Å². The van der Waals surface area contributed by atoms with E-state index in [0.29, 0.717) is 26.9 Å². The van der Waals surface area contributed by atoms with E-state index in [1.165, 1.54) is 6.08 Å². The van der Waals surface area contributed by atoms with E-state index in [1.54, 1.807) is 48.5 Å². The van der Waals surface area contributed by atoms with Crippen molar-refractivity contribution >= 4 is 41.0 Å². The van der Waals surface area contributed by atoms with Crippen molar-refractivity contribution in [2.45, 2.75) is 0 Å². The number of benzene rings is 2. The highest BCUT2D eigenvalue weighted by Crippen LogP contribution is 2.26. The number of rotatable bonds is 6. The summed E-state index contributed by atoms with van der Waals surface area (Å²) in [6.07, 6.45) is 3.02. The van der Waals surface area contributed by atoms with Crippen LogP contribution in [-0.4, -0.2) is 18.3 Å². The molecule has 23 heavy (non-hydrogen) atoms. The summed E-state index contributed by atoms with van der Waals surface area (Å²) in [5, 5.41) is 0.825. The minimum Gasteiger partial charge on any atom is -0.484 e. The molecule has 0 radical (unpaired) electrons. The van der Waals surface area contributed by atoms with Gasteiger partial charge in [0.15, 0.2) is 12.4 Å². The van der Waals surface area contributed by atoms with E-state index in [-0.39, 0.29) is 12.4 Å². The molecule has 0 unspecified atom stereocenters.